The van der Waals surface area contributed by atoms with Crippen molar-refractivity contribution < 1.29 is 14.3 Å². The Morgan fingerprint density at radius 2 is 1.84 bits per heavy atom. The molecule has 2 aromatic rings. The van der Waals surface area contributed by atoms with E-state index in [4.69, 9.17) is 16.3 Å². The normalized spacial score (nSPS) is 16.4. The first-order chi connectivity index (χ1) is 12.1. The quantitative estimate of drug-likeness (QED) is 0.859. The number of ether oxygens (including phenoxy) is 1. The molecule has 1 unspecified atom stereocenters. The topological polar surface area (TPSA) is 67.4 Å². The van der Waals surface area contributed by atoms with E-state index in [9.17, 15) is 9.59 Å². The minimum atomic E-state index is -0.295. The molecule has 0 aromatic heterocycles. The predicted molar refractivity (Wildman–Crippen MR) is 97.2 cm³/mol. The summed E-state index contributed by atoms with van der Waals surface area (Å²) in [6.07, 6.45) is 2.07. The maximum Gasteiger partial charge on any atom is 0.255 e. The number of carbonyl (C=O) groups is 2. The number of benzene rings is 2. The van der Waals surface area contributed by atoms with Gasteiger partial charge in [0.05, 0.1) is 6.10 Å². The second-order valence-electron chi connectivity index (χ2n) is 5.89. The molecule has 1 aliphatic heterocycles. The molecular formula is C19H19ClN2O3. The van der Waals surface area contributed by atoms with Crippen molar-refractivity contribution in [3.05, 3.63) is 64.7 Å². The number of hydrogen-bond acceptors (Lipinski definition) is 3. The molecule has 1 aliphatic rings. The summed E-state index contributed by atoms with van der Waals surface area (Å²) in [5.74, 6) is -0.510. The number of amides is 2. The highest BCUT2D eigenvalue weighted by atomic mass is 35.5. The average Bonchev–Trinajstić information content (AvgIpc) is 3.13. The summed E-state index contributed by atoms with van der Waals surface area (Å²) in [6, 6.07) is 13.5. The molecule has 2 aromatic carbocycles. The Bertz CT molecular complexity index is 773. The molecular weight excluding hydrogens is 340 g/mol. The van der Waals surface area contributed by atoms with Crippen LogP contribution in [0.2, 0.25) is 5.02 Å². The van der Waals surface area contributed by atoms with Gasteiger partial charge in [-0.2, -0.15) is 0 Å². The number of hydrogen-bond donors (Lipinski definition) is 2. The molecule has 5 nitrogen and oxygen atoms in total. The number of rotatable bonds is 5. The predicted octanol–water partition coefficient (Wildman–Crippen LogP) is 3.50. The van der Waals surface area contributed by atoms with Gasteiger partial charge in [-0.1, -0.05) is 23.7 Å². The first-order valence-corrected chi connectivity index (χ1v) is 8.56. The van der Waals surface area contributed by atoms with E-state index in [1.54, 1.807) is 48.5 Å². The lowest BCUT2D eigenvalue weighted by Gasteiger charge is -2.11. The summed E-state index contributed by atoms with van der Waals surface area (Å²) in [4.78, 5) is 24.6. The highest BCUT2D eigenvalue weighted by Gasteiger charge is 2.17. The van der Waals surface area contributed by atoms with Crippen LogP contribution in [-0.4, -0.2) is 31.1 Å². The molecule has 2 N–H and O–H groups in total. The standard InChI is InChI=1S/C19H19ClN2O3/c20-15-6-2-7-16(11-15)22-19(24)14-5-1-4-13(10-14)18(23)21-12-17-8-3-9-25-17/h1-2,4-7,10-11,17H,3,8-9,12H2,(H,21,23)(H,22,24). The van der Waals surface area contributed by atoms with Gasteiger partial charge in [0, 0.05) is 35.0 Å². The van der Waals surface area contributed by atoms with Crippen LogP contribution >= 0.6 is 11.6 Å². The molecule has 3 rings (SSSR count). The molecule has 6 heteroatoms. The maximum atomic E-state index is 12.4. The monoisotopic (exact) mass is 358 g/mol. The second kappa shape index (κ2) is 8.14. The van der Waals surface area contributed by atoms with Crippen molar-refractivity contribution >= 4 is 29.1 Å². The van der Waals surface area contributed by atoms with Crippen molar-refractivity contribution in [2.45, 2.75) is 18.9 Å². The van der Waals surface area contributed by atoms with Gasteiger partial charge in [-0.05, 0) is 49.2 Å². The summed E-state index contributed by atoms with van der Waals surface area (Å²) in [6.45, 7) is 1.23. The van der Waals surface area contributed by atoms with Crippen molar-refractivity contribution in [1.82, 2.24) is 5.32 Å². The smallest absolute Gasteiger partial charge is 0.255 e. The molecule has 0 spiro atoms. The van der Waals surface area contributed by atoms with Gasteiger partial charge in [0.25, 0.3) is 11.8 Å². The zero-order valence-corrected chi connectivity index (χ0v) is 14.4. The third kappa shape index (κ3) is 4.81. The lowest BCUT2D eigenvalue weighted by molar-refractivity contribution is 0.0858. The minimum absolute atomic E-state index is 0.0817. The molecule has 2 amide bonds. The van der Waals surface area contributed by atoms with E-state index in [1.807, 2.05) is 0 Å². The van der Waals surface area contributed by atoms with E-state index >= 15 is 0 Å². The van der Waals surface area contributed by atoms with Gasteiger partial charge >= 0.3 is 0 Å². The Kier molecular flexibility index (Phi) is 5.68. The van der Waals surface area contributed by atoms with Crippen LogP contribution in [0.5, 0.6) is 0 Å². The average molecular weight is 359 g/mol. The summed E-state index contributed by atoms with van der Waals surface area (Å²) in [5.41, 5.74) is 1.45. The van der Waals surface area contributed by atoms with Crippen LogP contribution < -0.4 is 10.6 Å². The maximum absolute atomic E-state index is 12.4. The van der Waals surface area contributed by atoms with Crippen LogP contribution in [0.1, 0.15) is 33.6 Å². The van der Waals surface area contributed by atoms with Gasteiger partial charge < -0.3 is 15.4 Å². The fourth-order valence-electron chi connectivity index (χ4n) is 2.69. The molecule has 0 saturated carbocycles. The fraction of sp³-hybridized carbons (Fsp3) is 0.263. The van der Waals surface area contributed by atoms with Gasteiger partial charge in [0.2, 0.25) is 0 Å². The number of carbonyl (C=O) groups excluding carboxylic acids is 2. The second-order valence-corrected chi connectivity index (χ2v) is 6.33. The first kappa shape index (κ1) is 17.5. The van der Waals surface area contributed by atoms with Crippen LogP contribution in [0.4, 0.5) is 5.69 Å². The van der Waals surface area contributed by atoms with Crippen LogP contribution in [-0.2, 0) is 4.74 Å². The van der Waals surface area contributed by atoms with Crippen molar-refractivity contribution in [3.63, 3.8) is 0 Å². The van der Waals surface area contributed by atoms with Crippen LogP contribution in [0.15, 0.2) is 48.5 Å². The van der Waals surface area contributed by atoms with E-state index in [1.165, 1.54) is 0 Å². The molecule has 1 atom stereocenters. The van der Waals surface area contributed by atoms with Gasteiger partial charge in [0.15, 0.2) is 0 Å². The number of nitrogens with one attached hydrogen (secondary N) is 2. The minimum Gasteiger partial charge on any atom is -0.376 e. The van der Waals surface area contributed by atoms with E-state index < -0.39 is 0 Å². The molecule has 0 radical (unpaired) electrons. The molecule has 0 bridgehead atoms. The van der Waals surface area contributed by atoms with Crippen LogP contribution in [0.25, 0.3) is 0 Å². The molecule has 130 valence electrons. The lowest BCUT2D eigenvalue weighted by atomic mass is 10.1. The highest BCUT2D eigenvalue weighted by molar-refractivity contribution is 6.31. The summed E-state index contributed by atoms with van der Waals surface area (Å²) in [5, 5.41) is 6.16. The lowest BCUT2D eigenvalue weighted by Crippen LogP contribution is -2.31. The summed E-state index contributed by atoms with van der Waals surface area (Å²) in [7, 11) is 0. The Morgan fingerprint density at radius 3 is 2.56 bits per heavy atom. The Labute approximate surface area is 151 Å². The van der Waals surface area contributed by atoms with Gasteiger partial charge in [0.1, 0.15) is 0 Å². The van der Waals surface area contributed by atoms with E-state index in [0.717, 1.165) is 19.4 Å². The van der Waals surface area contributed by atoms with Crippen molar-refractivity contribution in [2.24, 2.45) is 0 Å². The molecule has 0 aliphatic carbocycles. The van der Waals surface area contributed by atoms with Gasteiger partial charge in [-0.3, -0.25) is 9.59 Å². The van der Waals surface area contributed by atoms with Crippen molar-refractivity contribution in [1.29, 1.82) is 0 Å². The Morgan fingerprint density at radius 1 is 1.08 bits per heavy atom. The fourth-order valence-corrected chi connectivity index (χ4v) is 2.88. The van der Waals surface area contributed by atoms with Crippen molar-refractivity contribution in [2.75, 3.05) is 18.5 Å². The van der Waals surface area contributed by atoms with Crippen LogP contribution in [0.3, 0.4) is 0 Å². The third-order valence-corrected chi connectivity index (χ3v) is 4.22. The Balaban J connectivity index is 1.63. The molecule has 1 fully saturated rings. The van der Waals surface area contributed by atoms with E-state index in [-0.39, 0.29) is 17.9 Å². The zero-order valence-electron chi connectivity index (χ0n) is 13.6. The zero-order chi connectivity index (χ0) is 17.6. The molecule has 1 heterocycles. The Hall–Kier alpha value is -2.37. The molecule has 25 heavy (non-hydrogen) atoms. The SMILES string of the molecule is O=C(NCC1CCCO1)c1cccc(C(=O)Nc2cccc(Cl)c2)c1. The van der Waals surface area contributed by atoms with Crippen molar-refractivity contribution in [3.8, 4) is 0 Å². The summed E-state index contributed by atoms with van der Waals surface area (Å²) >= 11 is 5.92. The van der Waals surface area contributed by atoms with Crippen LogP contribution in [0, 0.1) is 0 Å². The number of anilines is 1. The van der Waals surface area contributed by atoms with Gasteiger partial charge in [-0.25, -0.2) is 0 Å². The number of halogens is 1. The first-order valence-electron chi connectivity index (χ1n) is 8.18. The summed E-state index contributed by atoms with van der Waals surface area (Å²) < 4.78 is 5.49. The molecule has 1 saturated heterocycles. The van der Waals surface area contributed by atoms with Gasteiger partial charge in [-0.15, -0.1) is 0 Å². The third-order valence-electron chi connectivity index (χ3n) is 3.98. The highest BCUT2D eigenvalue weighted by Crippen LogP contribution is 2.16. The largest absolute Gasteiger partial charge is 0.376 e. The van der Waals surface area contributed by atoms with E-state index in [0.29, 0.717) is 28.4 Å². The van der Waals surface area contributed by atoms with E-state index in [2.05, 4.69) is 10.6 Å².